The summed E-state index contributed by atoms with van der Waals surface area (Å²) in [5, 5.41) is 18.2. The van der Waals surface area contributed by atoms with Crippen molar-refractivity contribution in [1.29, 1.82) is 0 Å². The van der Waals surface area contributed by atoms with E-state index in [2.05, 4.69) is 15.6 Å². The van der Waals surface area contributed by atoms with Gasteiger partial charge in [-0.25, -0.2) is 4.98 Å². The van der Waals surface area contributed by atoms with E-state index in [-0.39, 0.29) is 11.7 Å². The molecule has 0 unspecified atom stereocenters. The zero-order valence-electron chi connectivity index (χ0n) is 13.3. The van der Waals surface area contributed by atoms with Crippen molar-refractivity contribution in [1.82, 2.24) is 4.98 Å². The largest absolute Gasteiger partial charge is 0.508 e. The first kappa shape index (κ1) is 16.0. The first-order chi connectivity index (χ1) is 11.5. The molecule has 0 aliphatic rings. The Morgan fingerprint density at radius 2 is 1.92 bits per heavy atom. The Morgan fingerprint density at radius 3 is 2.58 bits per heavy atom. The van der Waals surface area contributed by atoms with Crippen molar-refractivity contribution in [3.8, 4) is 17.0 Å². The molecule has 2 aromatic carbocycles. The molecule has 0 radical (unpaired) electrons. The van der Waals surface area contributed by atoms with E-state index >= 15 is 0 Å². The maximum Gasteiger partial charge on any atom is 0.221 e. The van der Waals surface area contributed by atoms with Crippen molar-refractivity contribution in [2.24, 2.45) is 0 Å². The van der Waals surface area contributed by atoms with Crippen LogP contribution in [0.5, 0.6) is 5.75 Å². The molecule has 0 saturated carbocycles. The third-order valence-electron chi connectivity index (χ3n) is 3.46. The topological polar surface area (TPSA) is 74.2 Å². The van der Waals surface area contributed by atoms with Gasteiger partial charge in [0.25, 0.3) is 0 Å². The highest BCUT2D eigenvalue weighted by molar-refractivity contribution is 7.14. The van der Waals surface area contributed by atoms with E-state index in [1.807, 2.05) is 42.6 Å². The van der Waals surface area contributed by atoms with Crippen LogP contribution in [0.1, 0.15) is 12.5 Å². The summed E-state index contributed by atoms with van der Waals surface area (Å²) in [5.41, 5.74) is 4.48. The van der Waals surface area contributed by atoms with Crippen LogP contribution in [0.25, 0.3) is 11.3 Å². The van der Waals surface area contributed by atoms with Gasteiger partial charge in [-0.2, -0.15) is 0 Å². The molecule has 3 N–H and O–H groups in total. The van der Waals surface area contributed by atoms with Gasteiger partial charge in [0, 0.05) is 29.2 Å². The smallest absolute Gasteiger partial charge is 0.221 e. The molecule has 5 nitrogen and oxygen atoms in total. The van der Waals surface area contributed by atoms with Gasteiger partial charge in [-0.3, -0.25) is 4.79 Å². The Labute approximate surface area is 144 Å². The number of aromatic nitrogens is 1. The quantitative estimate of drug-likeness (QED) is 0.611. The summed E-state index contributed by atoms with van der Waals surface area (Å²) in [4.78, 5) is 15.6. The van der Waals surface area contributed by atoms with Crippen LogP contribution in [0.3, 0.4) is 0 Å². The second-order valence-corrected chi connectivity index (χ2v) is 6.28. The summed E-state index contributed by atoms with van der Waals surface area (Å²) < 4.78 is 0. The van der Waals surface area contributed by atoms with Crippen molar-refractivity contribution in [3.63, 3.8) is 0 Å². The highest BCUT2D eigenvalue weighted by Gasteiger charge is 2.07. The molecular formula is C18H17N3O2S. The number of phenols is 1. The molecule has 0 fully saturated rings. The van der Waals surface area contributed by atoms with Gasteiger partial charge in [0.2, 0.25) is 5.91 Å². The molecule has 0 spiro atoms. The average molecular weight is 339 g/mol. The number of amides is 1. The van der Waals surface area contributed by atoms with Crippen molar-refractivity contribution in [2.45, 2.75) is 13.8 Å². The summed E-state index contributed by atoms with van der Waals surface area (Å²) in [6.07, 6.45) is 0. The number of benzene rings is 2. The predicted molar refractivity (Wildman–Crippen MR) is 98.0 cm³/mol. The lowest BCUT2D eigenvalue weighted by Crippen LogP contribution is -2.05. The molecular weight excluding hydrogens is 322 g/mol. The number of carbonyl (C=O) groups excluding carboxylic acids is 1. The number of hydrogen-bond acceptors (Lipinski definition) is 5. The van der Waals surface area contributed by atoms with Crippen molar-refractivity contribution in [2.75, 3.05) is 10.6 Å². The van der Waals surface area contributed by atoms with Crippen LogP contribution in [0.4, 0.5) is 16.5 Å². The van der Waals surface area contributed by atoms with E-state index < -0.39 is 0 Å². The van der Waals surface area contributed by atoms with Gasteiger partial charge in [-0.15, -0.1) is 11.3 Å². The maximum atomic E-state index is 11.0. The SMILES string of the molecule is CC(=O)Nc1ccc(-c2csc(Nc3ccc(O)cc3C)n2)cc1. The number of nitrogens with one attached hydrogen (secondary N) is 2. The number of rotatable bonds is 4. The lowest BCUT2D eigenvalue weighted by molar-refractivity contribution is -0.114. The molecule has 3 aromatic rings. The van der Waals surface area contributed by atoms with Crippen LogP contribution in [-0.4, -0.2) is 16.0 Å². The molecule has 0 bridgehead atoms. The van der Waals surface area contributed by atoms with Gasteiger partial charge in [-0.05, 0) is 42.8 Å². The van der Waals surface area contributed by atoms with Gasteiger partial charge in [0.1, 0.15) is 5.75 Å². The normalized spacial score (nSPS) is 10.4. The molecule has 3 rings (SSSR count). The van der Waals surface area contributed by atoms with Gasteiger partial charge >= 0.3 is 0 Å². The fraction of sp³-hybridized carbons (Fsp3) is 0.111. The zero-order valence-corrected chi connectivity index (χ0v) is 14.1. The van der Waals surface area contributed by atoms with Crippen molar-refractivity contribution in [3.05, 3.63) is 53.4 Å². The lowest BCUT2D eigenvalue weighted by Gasteiger charge is -2.06. The molecule has 0 aliphatic heterocycles. The Morgan fingerprint density at radius 1 is 1.17 bits per heavy atom. The molecule has 1 heterocycles. The number of anilines is 3. The van der Waals surface area contributed by atoms with Crippen LogP contribution in [0, 0.1) is 6.92 Å². The zero-order chi connectivity index (χ0) is 17.1. The lowest BCUT2D eigenvalue weighted by atomic mass is 10.1. The Bertz CT molecular complexity index is 872. The van der Waals surface area contributed by atoms with Crippen LogP contribution >= 0.6 is 11.3 Å². The van der Waals surface area contributed by atoms with Crippen LogP contribution in [-0.2, 0) is 4.79 Å². The number of carbonyl (C=O) groups is 1. The van der Waals surface area contributed by atoms with E-state index in [1.54, 1.807) is 12.1 Å². The van der Waals surface area contributed by atoms with Gasteiger partial charge in [-0.1, -0.05) is 12.1 Å². The Balaban J connectivity index is 1.76. The fourth-order valence-corrected chi connectivity index (χ4v) is 3.03. The first-order valence-corrected chi connectivity index (χ1v) is 8.29. The molecule has 24 heavy (non-hydrogen) atoms. The van der Waals surface area contributed by atoms with E-state index in [9.17, 15) is 9.90 Å². The summed E-state index contributed by atoms with van der Waals surface area (Å²) in [6.45, 7) is 3.41. The molecule has 0 atom stereocenters. The second kappa shape index (κ2) is 6.72. The third-order valence-corrected chi connectivity index (χ3v) is 4.21. The summed E-state index contributed by atoms with van der Waals surface area (Å²) >= 11 is 1.51. The number of hydrogen-bond donors (Lipinski definition) is 3. The predicted octanol–water partition coefficient (Wildman–Crippen LogP) is 4.53. The van der Waals surface area contributed by atoms with Crippen LogP contribution < -0.4 is 10.6 Å². The monoisotopic (exact) mass is 339 g/mol. The minimum absolute atomic E-state index is 0.0906. The average Bonchev–Trinajstić information content (AvgIpc) is 2.99. The minimum Gasteiger partial charge on any atom is -0.508 e. The number of phenolic OH excluding ortho intramolecular Hbond substituents is 1. The van der Waals surface area contributed by atoms with Gasteiger partial charge in [0.15, 0.2) is 5.13 Å². The summed E-state index contributed by atoms with van der Waals surface area (Å²) in [7, 11) is 0. The van der Waals surface area contributed by atoms with Crippen LogP contribution in [0.2, 0.25) is 0 Å². The Kier molecular flexibility index (Phi) is 4.48. The molecule has 0 saturated heterocycles. The maximum absolute atomic E-state index is 11.0. The minimum atomic E-state index is -0.0906. The van der Waals surface area contributed by atoms with Crippen molar-refractivity contribution >= 4 is 33.8 Å². The standard InChI is InChI=1S/C18H17N3O2S/c1-11-9-15(23)7-8-16(11)20-18-21-17(10-24-18)13-3-5-14(6-4-13)19-12(2)22/h3-10,23H,1-2H3,(H,19,22)(H,20,21). The number of aromatic hydroxyl groups is 1. The molecule has 0 aliphatic carbocycles. The van der Waals surface area contributed by atoms with Gasteiger partial charge in [0.05, 0.1) is 5.69 Å². The van der Waals surface area contributed by atoms with E-state index in [0.29, 0.717) is 0 Å². The second-order valence-electron chi connectivity index (χ2n) is 5.42. The third kappa shape index (κ3) is 3.72. The summed E-state index contributed by atoms with van der Waals surface area (Å²) in [5.74, 6) is 0.157. The van der Waals surface area contributed by atoms with Crippen molar-refractivity contribution < 1.29 is 9.90 Å². The van der Waals surface area contributed by atoms with Crippen LogP contribution in [0.15, 0.2) is 47.8 Å². The molecule has 1 amide bonds. The van der Waals surface area contributed by atoms with E-state index in [4.69, 9.17) is 0 Å². The highest BCUT2D eigenvalue weighted by Crippen LogP contribution is 2.29. The van der Waals surface area contributed by atoms with Gasteiger partial charge < -0.3 is 15.7 Å². The molecule has 122 valence electrons. The number of thiazole rings is 1. The molecule has 1 aromatic heterocycles. The van der Waals surface area contributed by atoms with E-state index in [0.717, 1.165) is 33.3 Å². The first-order valence-electron chi connectivity index (χ1n) is 7.41. The Hall–Kier alpha value is -2.86. The summed E-state index contributed by atoms with van der Waals surface area (Å²) in [6, 6.07) is 12.7. The number of aryl methyl sites for hydroxylation is 1. The fourth-order valence-electron chi connectivity index (χ4n) is 2.29. The highest BCUT2D eigenvalue weighted by atomic mass is 32.1. The number of nitrogens with zero attached hydrogens (tertiary/aromatic N) is 1. The molecule has 6 heteroatoms. The van der Waals surface area contributed by atoms with E-state index in [1.165, 1.54) is 18.3 Å².